The summed E-state index contributed by atoms with van der Waals surface area (Å²) in [5.41, 5.74) is 10.6. The molecule has 80 valence electrons. The Labute approximate surface area is 95.1 Å². The van der Waals surface area contributed by atoms with Crippen molar-refractivity contribution in [3.63, 3.8) is 0 Å². The van der Waals surface area contributed by atoms with Crippen molar-refractivity contribution in [2.45, 2.75) is 18.8 Å². The standard InChI is InChI=1S/C14H14N2/c15-11-5-7-12-10(9-11)4-6-13(12)14-3-1-2-8-16-14/h1-3,5,7-9,13H,4,6,15H2. The fourth-order valence-electron chi connectivity index (χ4n) is 2.53. The van der Waals surface area contributed by atoms with E-state index in [9.17, 15) is 0 Å². The van der Waals surface area contributed by atoms with Crippen molar-refractivity contribution in [3.8, 4) is 0 Å². The van der Waals surface area contributed by atoms with Gasteiger partial charge in [0, 0.05) is 23.5 Å². The minimum atomic E-state index is 0.455. The topological polar surface area (TPSA) is 38.9 Å². The first kappa shape index (κ1) is 9.40. The Morgan fingerprint density at radius 2 is 2.12 bits per heavy atom. The lowest BCUT2D eigenvalue weighted by Gasteiger charge is -2.10. The average Bonchev–Trinajstić information content (AvgIpc) is 2.73. The van der Waals surface area contributed by atoms with Gasteiger partial charge in [0.25, 0.3) is 0 Å². The van der Waals surface area contributed by atoms with Gasteiger partial charge in [0.1, 0.15) is 0 Å². The third kappa shape index (κ3) is 1.47. The van der Waals surface area contributed by atoms with Gasteiger partial charge in [-0.15, -0.1) is 0 Å². The van der Waals surface area contributed by atoms with Crippen LogP contribution in [0.25, 0.3) is 0 Å². The van der Waals surface area contributed by atoms with Crippen molar-refractivity contribution in [1.29, 1.82) is 0 Å². The van der Waals surface area contributed by atoms with Crippen molar-refractivity contribution < 1.29 is 0 Å². The fraction of sp³-hybridized carbons (Fsp3) is 0.214. The van der Waals surface area contributed by atoms with Crippen LogP contribution in [0.4, 0.5) is 5.69 Å². The molecule has 0 bridgehead atoms. The van der Waals surface area contributed by atoms with Gasteiger partial charge >= 0.3 is 0 Å². The number of aromatic nitrogens is 1. The molecule has 2 aromatic rings. The van der Waals surface area contributed by atoms with Crippen molar-refractivity contribution in [2.75, 3.05) is 5.73 Å². The third-order valence-electron chi connectivity index (χ3n) is 3.29. The van der Waals surface area contributed by atoms with E-state index in [0.29, 0.717) is 5.92 Å². The number of hydrogen-bond donors (Lipinski definition) is 1. The lowest BCUT2D eigenvalue weighted by molar-refractivity contribution is 0.761. The van der Waals surface area contributed by atoms with E-state index >= 15 is 0 Å². The van der Waals surface area contributed by atoms with Gasteiger partial charge in [-0.05, 0) is 48.2 Å². The van der Waals surface area contributed by atoms with E-state index in [1.807, 2.05) is 18.3 Å². The van der Waals surface area contributed by atoms with Gasteiger partial charge in [-0.25, -0.2) is 0 Å². The van der Waals surface area contributed by atoms with E-state index in [1.54, 1.807) is 0 Å². The van der Waals surface area contributed by atoms with Gasteiger partial charge < -0.3 is 5.73 Å². The SMILES string of the molecule is Nc1ccc2c(c1)CCC2c1ccccn1. The summed E-state index contributed by atoms with van der Waals surface area (Å²) in [4.78, 5) is 4.45. The van der Waals surface area contributed by atoms with E-state index in [-0.39, 0.29) is 0 Å². The molecule has 2 heteroatoms. The second-order valence-electron chi connectivity index (χ2n) is 4.30. The highest BCUT2D eigenvalue weighted by Gasteiger charge is 2.24. The van der Waals surface area contributed by atoms with Gasteiger partial charge in [-0.2, -0.15) is 0 Å². The number of nitrogens with zero attached hydrogens (tertiary/aromatic N) is 1. The summed E-state index contributed by atoms with van der Waals surface area (Å²) in [6.45, 7) is 0. The maximum atomic E-state index is 5.80. The predicted octanol–water partition coefficient (Wildman–Crippen LogP) is 2.74. The van der Waals surface area contributed by atoms with Gasteiger partial charge in [-0.3, -0.25) is 4.98 Å². The Balaban J connectivity index is 2.04. The molecule has 0 radical (unpaired) electrons. The van der Waals surface area contributed by atoms with Gasteiger partial charge in [0.2, 0.25) is 0 Å². The molecule has 1 aromatic carbocycles. The van der Waals surface area contributed by atoms with Crippen LogP contribution in [0.15, 0.2) is 42.6 Å². The van der Waals surface area contributed by atoms with Crippen LogP contribution in [-0.4, -0.2) is 4.98 Å². The summed E-state index contributed by atoms with van der Waals surface area (Å²) in [6, 6.07) is 12.4. The van der Waals surface area contributed by atoms with Crippen molar-refractivity contribution in [3.05, 3.63) is 59.4 Å². The Bertz CT molecular complexity index is 505. The molecule has 2 N–H and O–H groups in total. The summed E-state index contributed by atoms with van der Waals surface area (Å²) < 4.78 is 0. The van der Waals surface area contributed by atoms with E-state index in [0.717, 1.165) is 18.5 Å². The van der Waals surface area contributed by atoms with E-state index in [1.165, 1.54) is 16.8 Å². The predicted molar refractivity (Wildman–Crippen MR) is 65.3 cm³/mol. The lowest BCUT2D eigenvalue weighted by Crippen LogP contribution is -1.98. The molecule has 0 saturated heterocycles. The summed E-state index contributed by atoms with van der Waals surface area (Å²) >= 11 is 0. The molecular weight excluding hydrogens is 196 g/mol. The first-order valence-electron chi connectivity index (χ1n) is 5.64. The number of fused-ring (bicyclic) bond motifs is 1. The molecule has 1 aromatic heterocycles. The first-order chi connectivity index (χ1) is 7.84. The average molecular weight is 210 g/mol. The summed E-state index contributed by atoms with van der Waals surface area (Å²) in [5.74, 6) is 0.455. The van der Waals surface area contributed by atoms with Gasteiger partial charge in [0.15, 0.2) is 0 Å². The highest BCUT2D eigenvalue weighted by atomic mass is 14.7. The molecule has 0 amide bonds. The molecule has 1 atom stereocenters. The number of pyridine rings is 1. The fourth-order valence-corrected chi connectivity index (χ4v) is 2.53. The van der Waals surface area contributed by atoms with Crippen LogP contribution < -0.4 is 5.73 Å². The van der Waals surface area contributed by atoms with E-state index in [2.05, 4.69) is 29.2 Å². The normalized spacial score (nSPS) is 18.4. The van der Waals surface area contributed by atoms with Crippen LogP contribution in [0.1, 0.15) is 29.2 Å². The molecule has 1 heterocycles. The zero-order valence-electron chi connectivity index (χ0n) is 9.06. The van der Waals surface area contributed by atoms with Crippen LogP contribution in [0.2, 0.25) is 0 Å². The Kier molecular flexibility index (Phi) is 2.13. The third-order valence-corrected chi connectivity index (χ3v) is 3.29. The lowest BCUT2D eigenvalue weighted by atomic mass is 9.97. The second kappa shape index (κ2) is 3.63. The van der Waals surface area contributed by atoms with Crippen LogP contribution in [0.3, 0.4) is 0 Å². The zero-order valence-corrected chi connectivity index (χ0v) is 9.06. The van der Waals surface area contributed by atoms with E-state index in [4.69, 9.17) is 5.73 Å². The van der Waals surface area contributed by atoms with Crippen LogP contribution in [0, 0.1) is 0 Å². The monoisotopic (exact) mass is 210 g/mol. The summed E-state index contributed by atoms with van der Waals surface area (Å²) in [5, 5.41) is 0. The number of benzene rings is 1. The molecule has 0 spiro atoms. The first-order valence-corrected chi connectivity index (χ1v) is 5.64. The highest BCUT2D eigenvalue weighted by molar-refractivity contribution is 5.49. The van der Waals surface area contributed by atoms with Crippen LogP contribution in [0.5, 0.6) is 0 Å². The van der Waals surface area contributed by atoms with Crippen molar-refractivity contribution in [2.24, 2.45) is 0 Å². The van der Waals surface area contributed by atoms with Gasteiger partial charge in [0.05, 0.1) is 0 Å². The van der Waals surface area contributed by atoms with Crippen LogP contribution in [-0.2, 0) is 6.42 Å². The largest absolute Gasteiger partial charge is 0.399 e. The smallest absolute Gasteiger partial charge is 0.0478 e. The molecule has 1 aliphatic carbocycles. The Morgan fingerprint density at radius 3 is 2.94 bits per heavy atom. The Morgan fingerprint density at radius 1 is 1.19 bits per heavy atom. The zero-order chi connectivity index (χ0) is 11.0. The van der Waals surface area contributed by atoms with Crippen molar-refractivity contribution >= 4 is 5.69 Å². The highest BCUT2D eigenvalue weighted by Crippen LogP contribution is 2.37. The summed E-state index contributed by atoms with van der Waals surface area (Å²) in [7, 11) is 0. The number of hydrogen-bond acceptors (Lipinski definition) is 2. The van der Waals surface area contributed by atoms with E-state index < -0.39 is 0 Å². The minimum absolute atomic E-state index is 0.455. The maximum Gasteiger partial charge on any atom is 0.0478 e. The maximum absolute atomic E-state index is 5.80. The quantitative estimate of drug-likeness (QED) is 0.735. The minimum Gasteiger partial charge on any atom is -0.399 e. The molecule has 0 fully saturated rings. The van der Waals surface area contributed by atoms with Crippen LogP contribution >= 0.6 is 0 Å². The molecule has 2 nitrogen and oxygen atoms in total. The molecule has 1 aliphatic rings. The van der Waals surface area contributed by atoms with Gasteiger partial charge in [-0.1, -0.05) is 12.1 Å². The molecule has 16 heavy (non-hydrogen) atoms. The number of nitrogens with two attached hydrogens (primary N) is 1. The number of rotatable bonds is 1. The number of aryl methyl sites for hydroxylation is 1. The number of nitrogen functional groups attached to an aromatic ring is 1. The number of anilines is 1. The summed E-state index contributed by atoms with van der Waals surface area (Å²) in [6.07, 6.45) is 4.13. The Hall–Kier alpha value is -1.83. The molecular formula is C14H14N2. The molecule has 0 saturated carbocycles. The van der Waals surface area contributed by atoms with Crippen molar-refractivity contribution in [1.82, 2.24) is 4.98 Å². The molecule has 1 unspecified atom stereocenters. The molecule has 0 aliphatic heterocycles. The molecule has 3 rings (SSSR count). The second-order valence-corrected chi connectivity index (χ2v) is 4.30.